The summed E-state index contributed by atoms with van der Waals surface area (Å²) in [6.45, 7) is 8.07. The molecule has 0 bridgehead atoms. The summed E-state index contributed by atoms with van der Waals surface area (Å²) in [5.41, 5.74) is 4.46. The van der Waals surface area contributed by atoms with Gasteiger partial charge in [0, 0.05) is 12.4 Å². The van der Waals surface area contributed by atoms with Crippen molar-refractivity contribution in [3.05, 3.63) is 47.8 Å². The number of aliphatic hydroxyl groups excluding tert-OH is 1. The number of allylic oxidation sites excluding steroid dienone is 1. The molecule has 2 heteroatoms. The molecule has 2 nitrogen and oxygen atoms in total. The van der Waals surface area contributed by atoms with E-state index < -0.39 is 6.10 Å². The van der Waals surface area contributed by atoms with Crippen LogP contribution in [-0.2, 0) is 0 Å². The van der Waals surface area contributed by atoms with E-state index in [4.69, 9.17) is 0 Å². The largest absolute Gasteiger partial charge is 0.385 e. The van der Waals surface area contributed by atoms with Crippen molar-refractivity contribution >= 4 is 5.57 Å². The van der Waals surface area contributed by atoms with Crippen LogP contribution in [0, 0.1) is 12.8 Å². The summed E-state index contributed by atoms with van der Waals surface area (Å²) >= 11 is 0. The number of aromatic nitrogens is 1. The quantitative estimate of drug-likeness (QED) is 0.731. The number of aryl methyl sites for hydroxylation is 1. The average Bonchev–Trinajstić information content (AvgIpc) is 2.26. The third kappa shape index (κ3) is 1.93. The Kier molecular flexibility index (Phi) is 2.92. The van der Waals surface area contributed by atoms with Crippen LogP contribution in [0.4, 0.5) is 0 Å². The second kappa shape index (κ2) is 4.22. The highest BCUT2D eigenvalue weighted by Gasteiger charge is 2.22. The van der Waals surface area contributed by atoms with Crippen molar-refractivity contribution in [2.75, 3.05) is 0 Å². The summed E-state index contributed by atoms with van der Waals surface area (Å²) in [6, 6.07) is 2.01. The van der Waals surface area contributed by atoms with Crippen molar-refractivity contribution in [2.45, 2.75) is 26.4 Å². The SMILES string of the molecule is C=C1[C@H](O)C=C(c2ccncc2C)C[C@@H]1C. The van der Waals surface area contributed by atoms with Crippen LogP contribution >= 0.6 is 0 Å². The van der Waals surface area contributed by atoms with Gasteiger partial charge in [-0.15, -0.1) is 0 Å². The van der Waals surface area contributed by atoms with Gasteiger partial charge in [-0.1, -0.05) is 13.5 Å². The van der Waals surface area contributed by atoms with Gasteiger partial charge in [0.15, 0.2) is 0 Å². The number of aliphatic hydroxyl groups is 1. The lowest BCUT2D eigenvalue weighted by atomic mass is 9.81. The predicted molar refractivity (Wildman–Crippen MR) is 65.9 cm³/mol. The molecule has 0 amide bonds. The molecule has 16 heavy (non-hydrogen) atoms. The number of nitrogens with zero attached hydrogens (tertiary/aromatic N) is 1. The molecular formula is C14H17NO. The fraction of sp³-hybridized carbons (Fsp3) is 0.357. The molecule has 1 aromatic heterocycles. The van der Waals surface area contributed by atoms with Crippen LogP contribution in [-0.4, -0.2) is 16.2 Å². The summed E-state index contributed by atoms with van der Waals surface area (Å²) in [7, 11) is 0. The topological polar surface area (TPSA) is 33.1 Å². The van der Waals surface area contributed by atoms with Gasteiger partial charge in [0.05, 0.1) is 6.10 Å². The monoisotopic (exact) mass is 215 g/mol. The molecular weight excluding hydrogens is 198 g/mol. The smallest absolute Gasteiger partial charge is 0.0937 e. The number of pyridine rings is 1. The molecule has 0 radical (unpaired) electrons. The zero-order valence-corrected chi connectivity index (χ0v) is 9.77. The first-order valence-corrected chi connectivity index (χ1v) is 5.58. The van der Waals surface area contributed by atoms with Gasteiger partial charge in [0.25, 0.3) is 0 Å². The minimum Gasteiger partial charge on any atom is -0.385 e. The van der Waals surface area contributed by atoms with E-state index in [2.05, 4.69) is 18.5 Å². The van der Waals surface area contributed by atoms with Gasteiger partial charge in [-0.25, -0.2) is 0 Å². The van der Waals surface area contributed by atoms with Gasteiger partial charge in [-0.2, -0.15) is 0 Å². The van der Waals surface area contributed by atoms with Crippen molar-refractivity contribution in [2.24, 2.45) is 5.92 Å². The molecule has 1 heterocycles. The van der Waals surface area contributed by atoms with Crippen LogP contribution in [0.1, 0.15) is 24.5 Å². The molecule has 84 valence electrons. The Morgan fingerprint density at radius 1 is 1.50 bits per heavy atom. The maximum absolute atomic E-state index is 9.88. The van der Waals surface area contributed by atoms with E-state index in [1.54, 1.807) is 6.20 Å². The Hall–Kier alpha value is -1.41. The van der Waals surface area contributed by atoms with Crippen LogP contribution < -0.4 is 0 Å². The van der Waals surface area contributed by atoms with Crippen molar-refractivity contribution in [1.29, 1.82) is 0 Å². The van der Waals surface area contributed by atoms with E-state index in [-0.39, 0.29) is 0 Å². The van der Waals surface area contributed by atoms with Gasteiger partial charge in [-0.05, 0) is 53.7 Å². The predicted octanol–water partition coefficient (Wildman–Crippen LogP) is 2.73. The summed E-state index contributed by atoms with van der Waals surface area (Å²) < 4.78 is 0. The molecule has 0 saturated carbocycles. The molecule has 1 aliphatic rings. The van der Waals surface area contributed by atoms with E-state index in [1.165, 1.54) is 11.1 Å². The maximum Gasteiger partial charge on any atom is 0.0937 e. The second-order valence-electron chi connectivity index (χ2n) is 4.51. The van der Waals surface area contributed by atoms with E-state index in [0.717, 1.165) is 17.6 Å². The molecule has 0 unspecified atom stereocenters. The highest BCUT2D eigenvalue weighted by molar-refractivity contribution is 5.70. The first kappa shape index (κ1) is 11.1. The molecule has 2 atom stereocenters. The average molecular weight is 215 g/mol. The van der Waals surface area contributed by atoms with Gasteiger partial charge in [-0.3, -0.25) is 4.98 Å². The highest BCUT2D eigenvalue weighted by atomic mass is 16.3. The molecule has 2 rings (SSSR count). The molecule has 0 aliphatic heterocycles. The molecule has 0 fully saturated rings. The van der Waals surface area contributed by atoms with E-state index in [0.29, 0.717) is 5.92 Å². The molecule has 1 N–H and O–H groups in total. The maximum atomic E-state index is 9.88. The van der Waals surface area contributed by atoms with Crippen LogP contribution in [0.25, 0.3) is 5.57 Å². The summed E-state index contributed by atoms with van der Waals surface area (Å²) in [5, 5.41) is 9.88. The van der Waals surface area contributed by atoms with Crippen molar-refractivity contribution in [3.63, 3.8) is 0 Å². The lowest BCUT2D eigenvalue weighted by Gasteiger charge is -2.26. The Morgan fingerprint density at radius 2 is 2.25 bits per heavy atom. The third-order valence-corrected chi connectivity index (χ3v) is 3.26. The van der Waals surface area contributed by atoms with E-state index in [9.17, 15) is 5.11 Å². The molecule has 1 aromatic rings. The fourth-order valence-electron chi connectivity index (χ4n) is 2.15. The lowest BCUT2D eigenvalue weighted by molar-refractivity contribution is 0.242. The van der Waals surface area contributed by atoms with Crippen LogP contribution in [0.15, 0.2) is 36.7 Å². The van der Waals surface area contributed by atoms with Gasteiger partial charge in [0.2, 0.25) is 0 Å². The standard InChI is InChI=1S/C14H17NO/c1-9-6-12(7-14(16)11(9)3)13-4-5-15-8-10(13)2/h4-5,7-9,14,16H,3,6H2,1-2H3/t9-,14+/m0/s1. The Labute approximate surface area is 96.3 Å². The zero-order valence-electron chi connectivity index (χ0n) is 9.77. The lowest BCUT2D eigenvalue weighted by Crippen LogP contribution is -2.19. The van der Waals surface area contributed by atoms with Gasteiger partial charge >= 0.3 is 0 Å². The van der Waals surface area contributed by atoms with Gasteiger partial charge in [0.1, 0.15) is 0 Å². The fourth-order valence-corrected chi connectivity index (χ4v) is 2.15. The van der Waals surface area contributed by atoms with Crippen molar-refractivity contribution in [1.82, 2.24) is 4.98 Å². The van der Waals surface area contributed by atoms with Crippen molar-refractivity contribution in [3.8, 4) is 0 Å². The van der Waals surface area contributed by atoms with E-state index in [1.807, 2.05) is 25.3 Å². The first-order valence-electron chi connectivity index (χ1n) is 5.58. The first-order chi connectivity index (χ1) is 7.59. The molecule has 0 spiro atoms. The summed E-state index contributed by atoms with van der Waals surface area (Å²) in [5.74, 6) is 0.336. The Morgan fingerprint density at radius 3 is 2.88 bits per heavy atom. The number of hydrogen-bond acceptors (Lipinski definition) is 2. The zero-order chi connectivity index (χ0) is 11.7. The molecule has 0 saturated heterocycles. The Bertz CT molecular complexity index is 448. The third-order valence-electron chi connectivity index (χ3n) is 3.26. The number of rotatable bonds is 1. The van der Waals surface area contributed by atoms with E-state index >= 15 is 0 Å². The summed E-state index contributed by atoms with van der Waals surface area (Å²) in [4.78, 5) is 4.09. The molecule has 0 aromatic carbocycles. The second-order valence-corrected chi connectivity index (χ2v) is 4.51. The minimum absolute atomic E-state index is 0.336. The number of hydrogen-bond donors (Lipinski definition) is 1. The van der Waals surface area contributed by atoms with Crippen molar-refractivity contribution < 1.29 is 5.11 Å². The highest BCUT2D eigenvalue weighted by Crippen LogP contribution is 2.34. The minimum atomic E-state index is -0.508. The van der Waals surface area contributed by atoms with Crippen LogP contribution in [0.5, 0.6) is 0 Å². The normalized spacial score (nSPS) is 25.4. The van der Waals surface area contributed by atoms with Crippen LogP contribution in [0.2, 0.25) is 0 Å². The molecule has 1 aliphatic carbocycles. The summed E-state index contributed by atoms with van der Waals surface area (Å²) in [6.07, 6.45) is 6.00. The van der Waals surface area contributed by atoms with Crippen LogP contribution in [0.3, 0.4) is 0 Å². The van der Waals surface area contributed by atoms with Gasteiger partial charge < -0.3 is 5.11 Å². The Balaban J connectivity index is 2.39.